The Kier molecular flexibility index (Phi) is 9.29. The number of ether oxygens (including phenoxy) is 1. The standard InChI is InChI=1S/C29H41NO3Si/c1-23(31)32-21-25-14-12-11-13-24(25)19-20-26(30)22-33-34(29(2,3)4,27-15-7-5-8-16-27)28-17-9-6-10-18-28/h5-10,15-18,26H,11-14,19-22,30H2,1-4H3/t26-/m1/s1. The van der Waals surface area contributed by atoms with Crippen LogP contribution < -0.4 is 16.1 Å². The summed E-state index contributed by atoms with van der Waals surface area (Å²) in [6.45, 7) is 9.30. The molecule has 3 rings (SSSR count). The molecule has 0 fully saturated rings. The van der Waals surface area contributed by atoms with Crippen LogP contribution in [0.5, 0.6) is 0 Å². The molecule has 2 aromatic carbocycles. The van der Waals surface area contributed by atoms with E-state index >= 15 is 0 Å². The fourth-order valence-corrected chi connectivity index (χ4v) is 9.75. The fraction of sp³-hybridized carbons (Fsp3) is 0.483. The number of rotatable bonds is 10. The van der Waals surface area contributed by atoms with Crippen molar-refractivity contribution in [2.24, 2.45) is 5.73 Å². The molecule has 34 heavy (non-hydrogen) atoms. The molecule has 1 atom stereocenters. The van der Waals surface area contributed by atoms with E-state index in [2.05, 4.69) is 81.4 Å². The first kappa shape index (κ1) is 26.4. The van der Waals surface area contributed by atoms with Crippen LogP contribution in [-0.4, -0.2) is 33.5 Å². The summed E-state index contributed by atoms with van der Waals surface area (Å²) in [5, 5.41) is 2.50. The van der Waals surface area contributed by atoms with Gasteiger partial charge >= 0.3 is 5.97 Å². The highest BCUT2D eigenvalue weighted by Gasteiger charge is 2.50. The Bertz CT molecular complexity index is 911. The Morgan fingerprint density at radius 3 is 1.97 bits per heavy atom. The van der Waals surface area contributed by atoms with E-state index in [1.807, 2.05) is 0 Å². The smallest absolute Gasteiger partial charge is 0.302 e. The number of nitrogens with two attached hydrogens (primary N) is 1. The maximum atomic E-state index is 11.3. The molecule has 0 amide bonds. The first-order chi connectivity index (χ1) is 16.2. The first-order valence-corrected chi connectivity index (χ1v) is 14.5. The van der Waals surface area contributed by atoms with Crippen molar-refractivity contribution in [3.63, 3.8) is 0 Å². The van der Waals surface area contributed by atoms with Gasteiger partial charge in [-0.3, -0.25) is 4.79 Å². The van der Waals surface area contributed by atoms with Gasteiger partial charge in [0.1, 0.15) is 6.61 Å². The van der Waals surface area contributed by atoms with Gasteiger partial charge < -0.3 is 14.9 Å². The highest BCUT2D eigenvalue weighted by atomic mass is 28.4. The van der Waals surface area contributed by atoms with Gasteiger partial charge in [0.2, 0.25) is 0 Å². The molecule has 1 aliphatic carbocycles. The van der Waals surface area contributed by atoms with Crippen molar-refractivity contribution in [2.75, 3.05) is 13.2 Å². The van der Waals surface area contributed by atoms with Crippen LogP contribution >= 0.6 is 0 Å². The van der Waals surface area contributed by atoms with E-state index in [9.17, 15) is 4.79 Å². The molecule has 0 unspecified atom stereocenters. The number of carbonyl (C=O) groups is 1. The minimum absolute atomic E-state index is 0.0500. The number of benzene rings is 2. The second-order valence-corrected chi connectivity index (χ2v) is 14.8. The van der Waals surface area contributed by atoms with Crippen LogP contribution in [0.15, 0.2) is 71.8 Å². The maximum absolute atomic E-state index is 11.3. The Morgan fingerprint density at radius 1 is 0.941 bits per heavy atom. The van der Waals surface area contributed by atoms with E-state index < -0.39 is 8.32 Å². The zero-order chi connectivity index (χ0) is 24.6. The van der Waals surface area contributed by atoms with Gasteiger partial charge in [0.05, 0.1) is 0 Å². The highest BCUT2D eigenvalue weighted by Crippen LogP contribution is 2.37. The zero-order valence-corrected chi connectivity index (χ0v) is 22.3. The molecule has 0 bridgehead atoms. The number of hydrogen-bond acceptors (Lipinski definition) is 4. The number of allylic oxidation sites excluding steroid dienone is 1. The summed E-state index contributed by atoms with van der Waals surface area (Å²) in [6.07, 6.45) is 6.30. The van der Waals surface area contributed by atoms with E-state index in [0.29, 0.717) is 13.2 Å². The van der Waals surface area contributed by atoms with Crippen LogP contribution in [0.2, 0.25) is 5.04 Å². The molecule has 184 valence electrons. The quantitative estimate of drug-likeness (QED) is 0.292. The average Bonchev–Trinajstić information content (AvgIpc) is 2.83. The molecule has 0 radical (unpaired) electrons. The molecule has 0 heterocycles. The largest absolute Gasteiger partial charge is 0.461 e. The Morgan fingerprint density at radius 2 is 1.47 bits per heavy atom. The predicted octanol–water partition coefficient (Wildman–Crippen LogP) is 5.10. The number of esters is 1. The van der Waals surface area contributed by atoms with Gasteiger partial charge in [-0.2, -0.15) is 0 Å². The number of carbonyl (C=O) groups excluding carboxylic acids is 1. The lowest BCUT2D eigenvalue weighted by Crippen LogP contribution is -2.67. The van der Waals surface area contributed by atoms with Crippen molar-refractivity contribution in [3.05, 3.63) is 71.8 Å². The van der Waals surface area contributed by atoms with Crippen molar-refractivity contribution in [1.29, 1.82) is 0 Å². The van der Waals surface area contributed by atoms with E-state index in [-0.39, 0.29) is 17.0 Å². The SMILES string of the molecule is CC(=O)OCC1=C(CC[C@@H](N)CO[Si](c2ccccc2)(c2ccccc2)C(C)(C)C)CCCC1. The second kappa shape index (κ2) is 12.0. The van der Waals surface area contributed by atoms with Crippen molar-refractivity contribution in [2.45, 2.75) is 77.3 Å². The fourth-order valence-electron chi connectivity index (χ4n) is 5.13. The monoisotopic (exact) mass is 479 g/mol. The summed E-state index contributed by atoms with van der Waals surface area (Å²) >= 11 is 0. The summed E-state index contributed by atoms with van der Waals surface area (Å²) in [4.78, 5) is 11.3. The van der Waals surface area contributed by atoms with Crippen molar-refractivity contribution in [3.8, 4) is 0 Å². The molecule has 2 aromatic rings. The molecule has 2 N–H and O–H groups in total. The summed E-state index contributed by atoms with van der Waals surface area (Å²) in [6, 6.07) is 21.4. The molecule has 0 spiro atoms. The zero-order valence-electron chi connectivity index (χ0n) is 21.3. The van der Waals surface area contributed by atoms with Gasteiger partial charge in [0.25, 0.3) is 8.32 Å². The lowest BCUT2D eigenvalue weighted by molar-refractivity contribution is -0.140. The van der Waals surface area contributed by atoms with Gasteiger partial charge in [-0.05, 0) is 59.5 Å². The molecule has 5 heteroatoms. The highest BCUT2D eigenvalue weighted by molar-refractivity contribution is 6.99. The lowest BCUT2D eigenvalue weighted by Gasteiger charge is -2.43. The molecule has 4 nitrogen and oxygen atoms in total. The van der Waals surface area contributed by atoms with Gasteiger partial charge in [0.15, 0.2) is 0 Å². The predicted molar refractivity (Wildman–Crippen MR) is 143 cm³/mol. The Hall–Kier alpha value is -2.21. The van der Waals surface area contributed by atoms with Crippen LogP contribution in [0, 0.1) is 0 Å². The van der Waals surface area contributed by atoms with Gasteiger partial charge in [-0.15, -0.1) is 0 Å². The van der Waals surface area contributed by atoms with Crippen LogP contribution in [0.4, 0.5) is 0 Å². The summed E-state index contributed by atoms with van der Waals surface area (Å²) in [7, 11) is -2.57. The minimum Gasteiger partial charge on any atom is -0.461 e. The van der Waals surface area contributed by atoms with Crippen molar-refractivity contribution < 1.29 is 14.0 Å². The Labute approximate surface area is 206 Å². The molecular weight excluding hydrogens is 438 g/mol. The van der Waals surface area contributed by atoms with E-state index in [0.717, 1.165) is 25.7 Å². The second-order valence-electron chi connectivity index (χ2n) is 10.5. The van der Waals surface area contributed by atoms with Crippen LogP contribution in [0.1, 0.15) is 66.2 Å². The molecule has 0 saturated carbocycles. The lowest BCUT2D eigenvalue weighted by atomic mass is 9.88. The minimum atomic E-state index is -2.57. The third-order valence-electron chi connectivity index (χ3n) is 6.90. The van der Waals surface area contributed by atoms with Crippen LogP contribution in [-0.2, 0) is 14.0 Å². The average molecular weight is 480 g/mol. The van der Waals surface area contributed by atoms with Gasteiger partial charge in [-0.1, -0.05) is 87.0 Å². The van der Waals surface area contributed by atoms with E-state index in [1.165, 1.54) is 41.3 Å². The summed E-state index contributed by atoms with van der Waals surface area (Å²) in [5.41, 5.74) is 9.37. The number of hydrogen-bond donors (Lipinski definition) is 1. The summed E-state index contributed by atoms with van der Waals surface area (Å²) < 4.78 is 12.3. The van der Waals surface area contributed by atoms with Gasteiger partial charge in [-0.25, -0.2) is 0 Å². The summed E-state index contributed by atoms with van der Waals surface area (Å²) in [5.74, 6) is -0.215. The van der Waals surface area contributed by atoms with Gasteiger partial charge in [0, 0.05) is 19.6 Å². The third-order valence-corrected chi connectivity index (χ3v) is 11.9. The Balaban J connectivity index is 1.77. The van der Waals surface area contributed by atoms with E-state index in [1.54, 1.807) is 0 Å². The van der Waals surface area contributed by atoms with Crippen LogP contribution in [0.25, 0.3) is 0 Å². The topological polar surface area (TPSA) is 61.5 Å². The van der Waals surface area contributed by atoms with Crippen molar-refractivity contribution in [1.82, 2.24) is 0 Å². The molecule has 0 saturated heterocycles. The van der Waals surface area contributed by atoms with Crippen LogP contribution in [0.3, 0.4) is 0 Å². The first-order valence-electron chi connectivity index (χ1n) is 12.6. The molecule has 0 aliphatic heterocycles. The molecule has 0 aromatic heterocycles. The van der Waals surface area contributed by atoms with Crippen molar-refractivity contribution >= 4 is 24.7 Å². The van der Waals surface area contributed by atoms with E-state index in [4.69, 9.17) is 14.9 Å². The third kappa shape index (κ3) is 6.47. The normalized spacial score (nSPS) is 15.8. The molecular formula is C29H41NO3Si. The maximum Gasteiger partial charge on any atom is 0.302 e. The molecule has 1 aliphatic rings.